The topological polar surface area (TPSA) is 61.3 Å². The first-order valence-corrected chi connectivity index (χ1v) is 5.93. The van der Waals surface area contributed by atoms with Crippen molar-refractivity contribution in [3.8, 4) is 5.75 Å². The van der Waals surface area contributed by atoms with Crippen LogP contribution in [0.2, 0.25) is 0 Å². The van der Waals surface area contributed by atoms with Crippen molar-refractivity contribution in [3.05, 3.63) is 65.2 Å². The van der Waals surface area contributed by atoms with E-state index in [-0.39, 0.29) is 6.04 Å². The van der Waals surface area contributed by atoms with Crippen molar-refractivity contribution in [1.29, 1.82) is 0 Å². The number of hydrogen-bond acceptors (Lipinski definition) is 3. The summed E-state index contributed by atoms with van der Waals surface area (Å²) < 4.78 is 5.21. The van der Waals surface area contributed by atoms with E-state index in [9.17, 15) is 0 Å². The Hall–Kier alpha value is -1.84. The molecule has 3 nitrogen and oxygen atoms in total. The highest BCUT2D eigenvalue weighted by Crippen LogP contribution is 2.23. The van der Waals surface area contributed by atoms with Crippen molar-refractivity contribution >= 4 is 0 Å². The maximum absolute atomic E-state index is 6.24. The molecule has 18 heavy (non-hydrogen) atoms. The number of rotatable bonds is 4. The molecule has 2 rings (SSSR count). The van der Waals surface area contributed by atoms with Gasteiger partial charge in [-0.15, -0.1) is 0 Å². The van der Waals surface area contributed by atoms with Gasteiger partial charge in [-0.3, -0.25) is 0 Å². The fourth-order valence-electron chi connectivity index (χ4n) is 1.89. The highest BCUT2D eigenvalue weighted by atomic mass is 16.5. The SMILES string of the molecule is COc1cccc(C(N)c2ccc(CN)cc2)c1. The second-order valence-electron chi connectivity index (χ2n) is 4.20. The van der Waals surface area contributed by atoms with Crippen LogP contribution in [0.15, 0.2) is 48.5 Å². The fourth-order valence-corrected chi connectivity index (χ4v) is 1.89. The minimum absolute atomic E-state index is 0.146. The molecule has 2 aromatic rings. The molecule has 0 saturated carbocycles. The lowest BCUT2D eigenvalue weighted by molar-refractivity contribution is 0.414. The van der Waals surface area contributed by atoms with E-state index < -0.39 is 0 Å². The highest BCUT2D eigenvalue weighted by molar-refractivity contribution is 5.37. The van der Waals surface area contributed by atoms with Crippen molar-refractivity contribution in [2.45, 2.75) is 12.6 Å². The molecule has 0 heterocycles. The first kappa shape index (κ1) is 12.6. The smallest absolute Gasteiger partial charge is 0.119 e. The minimum atomic E-state index is -0.146. The van der Waals surface area contributed by atoms with Crippen LogP contribution in [0.1, 0.15) is 22.7 Å². The molecule has 4 N–H and O–H groups in total. The first-order valence-electron chi connectivity index (χ1n) is 5.93. The normalized spacial score (nSPS) is 12.2. The Kier molecular flexibility index (Phi) is 3.97. The Bertz CT molecular complexity index is 508. The number of benzene rings is 2. The average Bonchev–Trinajstić information content (AvgIpc) is 2.46. The predicted octanol–water partition coefficient (Wildman–Crippen LogP) is 2.20. The standard InChI is InChI=1S/C15H18N2O/c1-18-14-4-2-3-13(9-14)15(17)12-7-5-11(10-16)6-8-12/h2-9,15H,10,16-17H2,1H3. The van der Waals surface area contributed by atoms with E-state index in [1.54, 1.807) is 7.11 Å². The van der Waals surface area contributed by atoms with Crippen LogP contribution in [0.25, 0.3) is 0 Å². The molecule has 0 spiro atoms. The van der Waals surface area contributed by atoms with E-state index >= 15 is 0 Å². The quantitative estimate of drug-likeness (QED) is 0.864. The third-order valence-corrected chi connectivity index (χ3v) is 3.03. The first-order chi connectivity index (χ1) is 8.74. The Labute approximate surface area is 107 Å². The third kappa shape index (κ3) is 2.70. The summed E-state index contributed by atoms with van der Waals surface area (Å²) in [5.41, 5.74) is 15.0. The van der Waals surface area contributed by atoms with E-state index in [0.29, 0.717) is 6.54 Å². The number of hydrogen-bond donors (Lipinski definition) is 2. The molecule has 0 saturated heterocycles. The lowest BCUT2D eigenvalue weighted by Gasteiger charge is -2.14. The molecule has 3 heteroatoms. The maximum Gasteiger partial charge on any atom is 0.119 e. The summed E-state index contributed by atoms with van der Waals surface area (Å²) in [5.74, 6) is 0.821. The summed E-state index contributed by atoms with van der Waals surface area (Å²) in [6.45, 7) is 0.550. The van der Waals surface area contributed by atoms with Gasteiger partial charge in [0.1, 0.15) is 5.75 Å². The van der Waals surface area contributed by atoms with Gasteiger partial charge in [0, 0.05) is 6.54 Å². The summed E-state index contributed by atoms with van der Waals surface area (Å²) in [5, 5.41) is 0. The van der Waals surface area contributed by atoms with Crippen molar-refractivity contribution in [2.75, 3.05) is 7.11 Å². The van der Waals surface area contributed by atoms with Gasteiger partial charge in [-0.2, -0.15) is 0 Å². The number of ether oxygens (including phenoxy) is 1. The van der Waals surface area contributed by atoms with Crippen molar-refractivity contribution < 1.29 is 4.74 Å². The zero-order valence-corrected chi connectivity index (χ0v) is 10.5. The summed E-state index contributed by atoms with van der Waals surface area (Å²) in [6.07, 6.45) is 0. The monoisotopic (exact) mass is 242 g/mol. The summed E-state index contributed by atoms with van der Waals surface area (Å²) >= 11 is 0. The van der Waals surface area contributed by atoms with Gasteiger partial charge < -0.3 is 16.2 Å². The zero-order chi connectivity index (χ0) is 13.0. The van der Waals surface area contributed by atoms with Crippen LogP contribution in [-0.4, -0.2) is 7.11 Å². The summed E-state index contributed by atoms with van der Waals surface area (Å²) in [4.78, 5) is 0. The molecule has 94 valence electrons. The molecular weight excluding hydrogens is 224 g/mol. The van der Waals surface area contributed by atoms with Crippen LogP contribution in [0.3, 0.4) is 0 Å². The molecule has 2 aromatic carbocycles. The molecular formula is C15H18N2O. The molecule has 0 fully saturated rings. The highest BCUT2D eigenvalue weighted by Gasteiger charge is 2.09. The molecule has 0 radical (unpaired) electrons. The lowest BCUT2D eigenvalue weighted by atomic mass is 9.98. The minimum Gasteiger partial charge on any atom is -0.497 e. The van der Waals surface area contributed by atoms with Gasteiger partial charge in [-0.25, -0.2) is 0 Å². The van der Waals surface area contributed by atoms with Crippen molar-refractivity contribution in [3.63, 3.8) is 0 Å². The van der Waals surface area contributed by atoms with Gasteiger partial charge >= 0.3 is 0 Å². The van der Waals surface area contributed by atoms with Crippen LogP contribution in [0, 0.1) is 0 Å². The van der Waals surface area contributed by atoms with Crippen LogP contribution >= 0.6 is 0 Å². The largest absolute Gasteiger partial charge is 0.497 e. The van der Waals surface area contributed by atoms with E-state index in [2.05, 4.69) is 0 Å². The molecule has 1 atom stereocenters. The second kappa shape index (κ2) is 5.67. The Morgan fingerprint density at radius 3 is 2.39 bits per heavy atom. The molecule has 0 aromatic heterocycles. The molecule has 0 amide bonds. The average molecular weight is 242 g/mol. The van der Waals surface area contributed by atoms with E-state index in [0.717, 1.165) is 22.4 Å². The lowest BCUT2D eigenvalue weighted by Crippen LogP contribution is -2.12. The molecule has 0 bridgehead atoms. The van der Waals surface area contributed by atoms with Crippen molar-refractivity contribution in [1.82, 2.24) is 0 Å². The van der Waals surface area contributed by atoms with Crippen LogP contribution < -0.4 is 16.2 Å². The number of methoxy groups -OCH3 is 1. The molecule has 1 unspecified atom stereocenters. The van der Waals surface area contributed by atoms with Gasteiger partial charge in [-0.1, -0.05) is 36.4 Å². The van der Waals surface area contributed by atoms with Crippen molar-refractivity contribution in [2.24, 2.45) is 11.5 Å². The van der Waals surface area contributed by atoms with Gasteiger partial charge in [0.25, 0.3) is 0 Å². The van der Waals surface area contributed by atoms with Gasteiger partial charge in [-0.05, 0) is 28.8 Å². The molecule has 0 aliphatic heterocycles. The van der Waals surface area contributed by atoms with Gasteiger partial charge in [0.15, 0.2) is 0 Å². The molecule has 0 aliphatic rings. The van der Waals surface area contributed by atoms with Crippen LogP contribution in [0.4, 0.5) is 0 Å². The Morgan fingerprint density at radius 2 is 1.78 bits per heavy atom. The maximum atomic E-state index is 6.24. The van der Waals surface area contributed by atoms with E-state index in [1.807, 2.05) is 48.5 Å². The zero-order valence-electron chi connectivity index (χ0n) is 10.5. The predicted molar refractivity (Wildman–Crippen MR) is 73.4 cm³/mol. The summed E-state index contributed by atoms with van der Waals surface area (Å²) in [7, 11) is 1.65. The van der Waals surface area contributed by atoms with Crippen LogP contribution in [-0.2, 0) is 6.54 Å². The second-order valence-corrected chi connectivity index (χ2v) is 4.20. The Morgan fingerprint density at radius 1 is 1.06 bits per heavy atom. The van der Waals surface area contributed by atoms with Crippen LogP contribution in [0.5, 0.6) is 5.75 Å². The molecule has 0 aliphatic carbocycles. The third-order valence-electron chi connectivity index (χ3n) is 3.03. The number of nitrogens with two attached hydrogens (primary N) is 2. The van der Waals surface area contributed by atoms with E-state index in [1.165, 1.54) is 0 Å². The van der Waals surface area contributed by atoms with Gasteiger partial charge in [0.2, 0.25) is 0 Å². The Balaban J connectivity index is 2.25. The summed E-state index contributed by atoms with van der Waals surface area (Å²) in [6, 6.07) is 15.7. The fraction of sp³-hybridized carbons (Fsp3) is 0.200. The van der Waals surface area contributed by atoms with Gasteiger partial charge in [0.05, 0.1) is 13.2 Å². The van der Waals surface area contributed by atoms with E-state index in [4.69, 9.17) is 16.2 Å².